The van der Waals surface area contributed by atoms with Crippen LogP contribution in [0.5, 0.6) is 0 Å². The van der Waals surface area contributed by atoms with Gasteiger partial charge in [0.2, 0.25) is 0 Å². The number of allylic oxidation sites excluding steroid dienone is 1. The molecule has 1 aromatic carbocycles. The number of fused-ring (bicyclic) bond motifs is 1. The van der Waals surface area contributed by atoms with Crippen molar-refractivity contribution in [3.8, 4) is 22.5 Å². The number of benzene rings is 1. The maximum Gasteiger partial charge on any atom is 0.181 e. The van der Waals surface area contributed by atoms with E-state index in [1.165, 1.54) is 31.2 Å². The molecule has 45 heavy (non-hydrogen) atoms. The van der Waals surface area contributed by atoms with Gasteiger partial charge in [0.1, 0.15) is 5.82 Å². The lowest BCUT2D eigenvalue weighted by Crippen LogP contribution is -2.20. The molecule has 0 spiro atoms. The summed E-state index contributed by atoms with van der Waals surface area (Å²) in [7, 11) is 4.12. The molecule has 0 unspecified atom stereocenters. The summed E-state index contributed by atoms with van der Waals surface area (Å²) < 4.78 is 14.8. The van der Waals surface area contributed by atoms with Crippen LogP contribution in [0.3, 0.4) is 0 Å². The highest BCUT2D eigenvalue weighted by molar-refractivity contribution is 5.94. The first-order chi connectivity index (χ1) is 21.9. The second kappa shape index (κ2) is 13.9. The number of nitrogens with zero attached hydrogens (tertiary/aromatic N) is 4. The third-order valence-corrected chi connectivity index (χ3v) is 8.98. The van der Waals surface area contributed by atoms with E-state index in [1.807, 2.05) is 25.5 Å². The normalized spacial score (nSPS) is 14.3. The van der Waals surface area contributed by atoms with E-state index in [0.717, 1.165) is 94.3 Å². The van der Waals surface area contributed by atoms with Crippen LogP contribution in [0.25, 0.3) is 39.1 Å². The molecule has 1 saturated carbocycles. The maximum atomic E-state index is 14.8. The van der Waals surface area contributed by atoms with E-state index in [-0.39, 0.29) is 5.82 Å². The van der Waals surface area contributed by atoms with Crippen molar-refractivity contribution in [2.45, 2.75) is 58.9 Å². The number of aromatic nitrogens is 5. The second-order valence-corrected chi connectivity index (χ2v) is 12.7. The van der Waals surface area contributed by atoms with Gasteiger partial charge in [-0.25, -0.2) is 9.37 Å². The van der Waals surface area contributed by atoms with Gasteiger partial charge >= 0.3 is 0 Å². The van der Waals surface area contributed by atoms with E-state index in [1.54, 1.807) is 12.1 Å². The Balaban J connectivity index is 1.25. The van der Waals surface area contributed by atoms with Gasteiger partial charge in [-0.2, -0.15) is 5.10 Å². The summed E-state index contributed by atoms with van der Waals surface area (Å²) >= 11 is 0. The van der Waals surface area contributed by atoms with Crippen LogP contribution < -0.4 is 5.32 Å². The Bertz CT molecular complexity index is 1790. The van der Waals surface area contributed by atoms with Crippen LogP contribution in [0.15, 0.2) is 61.1 Å². The molecular formula is C37H44FN7. The monoisotopic (exact) mass is 605 g/mol. The van der Waals surface area contributed by atoms with Crippen LogP contribution in [0.1, 0.15) is 67.0 Å². The van der Waals surface area contributed by atoms with Crippen LogP contribution in [-0.4, -0.2) is 57.2 Å². The summed E-state index contributed by atoms with van der Waals surface area (Å²) in [4.78, 5) is 14.9. The molecule has 3 N–H and O–H groups in total. The summed E-state index contributed by atoms with van der Waals surface area (Å²) in [6.45, 7) is 6.91. The first-order valence-electron chi connectivity index (χ1n) is 16.2. The van der Waals surface area contributed by atoms with Crippen molar-refractivity contribution in [1.29, 1.82) is 0 Å². The lowest BCUT2D eigenvalue weighted by atomic mass is 9.95. The number of H-pyrrole nitrogens is 2. The van der Waals surface area contributed by atoms with E-state index < -0.39 is 0 Å². The van der Waals surface area contributed by atoms with Crippen LogP contribution in [0.2, 0.25) is 0 Å². The van der Waals surface area contributed by atoms with Gasteiger partial charge in [-0.3, -0.25) is 10.1 Å². The van der Waals surface area contributed by atoms with E-state index in [4.69, 9.17) is 0 Å². The zero-order chi connectivity index (χ0) is 31.3. The molecule has 1 aliphatic carbocycles. The molecule has 6 rings (SSSR count). The molecule has 0 saturated heterocycles. The Morgan fingerprint density at radius 1 is 1.02 bits per heavy atom. The van der Waals surface area contributed by atoms with Crippen molar-refractivity contribution >= 4 is 16.6 Å². The molecule has 0 radical (unpaired) electrons. The number of aromatic amines is 2. The number of nitrogens with one attached hydrogen (secondary N) is 3. The molecule has 1 aliphatic rings. The highest BCUT2D eigenvalue weighted by Crippen LogP contribution is 2.34. The van der Waals surface area contributed by atoms with Gasteiger partial charge in [-0.1, -0.05) is 25.0 Å². The largest absolute Gasteiger partial charge is 0.357 e. The molecule has 0 amide bonds. The number of pyridine rings is 2. The molecule has 4 heterocycles. The van der Waals surface area contributed by atoms with E-state index in [9.17, 15) is 4.39 Å². The molecular weight excluding hydrogens is 561 g/mol. The van der Waals surface area contributed by atoms with E-state index in [2.05, 4.69) is 86.7 Å². The minimum atomic E-state index is -0.207. The first kappa shape index (κ1) is 30.9. The second-order valence-electron chi connectivity index (χ2n) is 12.7. The predicted molar refractivity (Wildman–Crippen MR) is 181 cm³/mol. The predicted octanol–water partition coefficient (Wildman–Crippen LogP) is 7.69. The quantitative estimate of drug-likeness (QED) is 0.136. The minimum Gasteiger partial charge on any atom is -0.357 e. The Hall–Kier alpha value is -4.14. The van der Waals surface area contributed by atoms with Gasteiger partial charge in [0.05, 0.1) is 11.4 Å². The molecule has 8 heteroatoms. The van der Waals surface area contributed by atoms with Crippen LogP contribution in [0, 0.1) is 18.7 Å². The van der Waals surface area contributed by atoms with Crippen LogP contribution in [0.4, 0.5) is 4.39 Å². The Kier molecular flexibility index (Phi) is 9.52. The molecule has 5 aromatic rings. The fraction of sp³-hybridized carbons (Fsp3) is 0.378. The molecule has 7 nitrogen and oxygen atoms in total. The van der Waals surface area contributed by atoms with Crippen molar-refractivity contribution < 1.29 is 4.39 Å². The average molecular weight is 606 g/mol. The number of halogens is 1. The standard InChI is InChI=1S/C37H44FN7/c1-5-32(28-13-26(15-31(38)16-28)11-8-12-45(3)4)33-18-35(42-24(33)2)36-34-17-30(23-41-37(34)44-43-36)29-14-27(21-40-22-29)20-39-19-25-9-6-7-10-25/h5,13-18,21-23,25,39,42H,6-12,19-20H2,1-4H3,(H,41,43,44)/b32-5-. The van der Waals surface area contributed by atoms with Gasteiger partial charge in [0.15, 0.2) is 5.65 Å². The van der Waals surface area contributed by atoms with Gasteiger partial charge < -0.3 is 15.2 Å². The summed E-state index contributed by atoms with van der Waals surface area (Å²) in [5, 5.41) is 12.3. The smallest absolute Gasteiger partial charge is 0.181 e. The number of hydrogen-bond acceptors (Lipinski definition) is 5. The Morgan fingerprint density at radius 3 is 2.64 bits per heavy atom. The van der Waals surface area contributed by atoms with Crippen molar-refractivity contribution in [2.75, 3.05) is 27.2 Å². The summed E-state index contributed by atoms with van der Waals surface area (Å²) in [5.41, 5.74) is 10.6. The zero-order valence-corrected chi connectivity index (χ0v) is 26.9. The van der Waals surface area contributed by atoms with Crippen LogP contribution >= 0.6 is 0 Å². The Morgan fingerprint density at radius 2 is 1.84 bits per heavy atom. The third kappa shape index (κ3) is 7.24. The lowest BCUT2D eigenvalue weighted by Gasteiger charge is -2.12. The zero-order valence-electron chi connectivity index (χ0n) is 26.9. The third-order valence-electron chi connectivity index (χ3n) is 8.98. The molecule has 0 bridgehead atoms. The van der Waals surface area contributed by atoms with Crippen molar-refractivity contribution in [2.24, 2.45) is 5.92 Å². The molecule has 0 atom stereocenters. The molecule has 0 aliphatic heterocycles. The van der Waals surface area contributed by atoms with Gasteiger partial charge in [0.25, 0.3) is 0 Å². The first-order valence-corrected chi connectivity index (χ1v) is 16.2. The van der Waals surface area contributed by atoms with E-state index >= 15 is 0 Å². The Labute approximate surface area is 265 Å². The molecule has 234 valence electrons. The summed E-state index contributed by atoms with van der Waals surface area (Å²) in [6.07, 6.45) is 15.0. The van der Waals surface area contributed by atoms with Crippen molar-refractivity contribution in [1.82, 2.24) is 35.4 Å². The number of aryl methyl sites for hydroxylation is 2. The topological polar surface area (TPSA) is 85.5 Å². The molecule has 1 fully saturated rings. The number of rotatable bonds is 12. The fourth-order valence-corrected chi connectivity index (χ4v) is 6.64. The highest BCUT2D eigenvalue weighted by atomic mass is 19.1. The maximum absolute atomic E-state index is 14.8. The minimum absolute atomic E-state index is 0.207. The van der Waals surface area contributed by atoms with Crippen molar-refractivity contribution in [3.63, 3.8) is 0 Å². The van der Waals surface area contributed by atoms with Gasteiger partial charge in [0, 0.05) is 52.9 Å². The SMILES string of the molecule is C/C=C(/c1cc(F)cc(CCCN(C)C)c1)c1cc(-c2[nH]nc3ncc(-c4cncc(CNCC5CCCC5)c4)cc23)[nH]c1C. The lowest BCUT2D eigenvalue weighted by molar-refractivity contribution is 0.400. The highest BCUT2D eigenvalue weighted by Gasteiger charge is 2.18. The van der Waals surface area contributed by atoms with Crippen molar-refractivity contribution in [3.05, 3.63) is 94.8 Å². The van der Waals surface area contributed by atoms with E-state index in [0.29, 0.717) is 5.65 Å². The average Bonchev–Trinajstić information content (AvgIpc) is 3.78. The molecule has 4 aromatic heterocycles. The fourth-order valence-electron chi connectivity index (χ4n) is 6.64. The van der Waals surface area contributed by atoms with Crippen LogP contribution in [-0.2, 0) is 13.0 Å². The van der Waals surface area contributed by atoms with Gasteiger partial charge in [-0.05, 0) is 125 Å². The number of hydrogen-bond donors (Lipinski definition) is 3. The summed E-state index contributed by atoms with van der Waals surface area (Å²) in [6, 6.07) is 11.9. The van der Waals surface area contributed by atoms with Gasteiger partial charge in [-0.15, -0.1) is 0 Å². The summed E-state index contributed by atoms with van der Waals surface area (Å²) in [5.74, 6) is 0.596.